The van der Waals surface area contributed by atoms with Crippen molar-refractivity contribution < 1.29 is 13.9 Å². The van der Waals surface area contributed by atoms with Crippen molar-refractivity contribution in [1.82, 2.24) is 4.98 Å². The highest BCUT2D eigenvalue weighted by Gasteiger charge is 2.10. The lowest BCUT2D eigenvalue weighted by molar-refractivity contribution is 0.107. The van der Waals surface area contributed by atoms with Crippen LogP contribution < -0.4 is 4.74 Å². The molecule has 0 fully saturated rings. The fraction of sp³-hybridized carbons (Fsp3) is 0.143. The maximum absolute atomic E-state index is 12.7. The highest BCUT2D eigenvalue weighted by molar-refractivity contribution is 6.67. The van der Waals surface area contributed by atoms with E-state index in [9.17, 15) is 9.18 Å². The van der Waals surface area contributed by atoms with Gasteiger partial charge in [-0.15, -0.1) is 0 Å². The largest absolute Gasteiger partial charge is 0.481 e. The molecule has 0 aliphatic rings. The van der Waals surface area contributed by atoms with E-state index in [0.29, 0.717) is 0 Å². The number of hydrogen-bond acceptors (Lipinski definition) is 3. The first kappa shape index (κ1) is 8.93. The molecule has 0 saturated heterocycles. The van der Waals surface area contributed by atoms with E-state index in [-0.39, 0.29) is 11.4 Å². The summed E-state index contributed by atoms with van der Waals surface area (Å²) >= 11 is 5.08. The number of methoxy groups -OCH3 is 1. The third-order valence-electron chi connectivity index (χ3n) is 1.25. The SMILES string of the molecule is COc1cc(C(=O)Cl)c(F)cn1. The van der Waals surface area contributed by atoms with Crippen molar-refractivity contribution in [2.75, 3.05) is 7.11 Å². The van der Waals surface area contributed by atoms with Crippen LogP contribution in [-0.2, 0) is 0 Å². The number of carbonyl (C=O) groups is 1. The second-order valence-corrected chi connectivity index (χ2v) is 2.32. The summed E-state index contributed by atoms with van der Waals surface area (Å²) in [4.78, 5) is 14.1. The summed E-state index contributed by atoms with van der Waals surface area (Å²) in [6, 6.07) is 1.14. The van der Waals surface area contributed by atoms with E-state index in [4.69, 9.17) is 11.6 Å². The van der Waals surface area contributed by atoms with Crippen molar-refractivity contribution in [3.63, 3.8) is 0 Å². The Labute approximate surface area is 73.1 Å². The van der Waals surface area contributed by atoms with Crippen molar-refractivity contribution >= 4 is 16.8 Å². The van der Waals surface area contributed by atoms with Crippen LogP contribution in [0.3, 0.4) is 0 Å². The molecule has 5 heteroatoms. The van der Waals surface area contributed by atoms with Crippen LogP contribution in [-0.4, -0.2) is 17.3 Å². The number of nitrogens with zero attached hydrogens (tertiary/aromatic N) is 1. The molecule has 1 heterocycles. The quantitative estimate of drug-likeness (QED) is 0.664. The Morgan fingerprint density at radius 3 is 2.92 bits per heavy atom. The van der Waals surface area contributed by atoms with Gasteiger partial charge in [0, 0.05) is 6.07 Å². The molecule has 1 aromatic heterocycles. The minimum absolute atomic E-state index is 0.153. The number of rotatable bonds is 2. The predicted octanol–water partition coefficient (Wildman–Crippen LogP) is 1.61. The van der Waals surface area contributed by atoms with Gasteiger partial charge in [0.1, 0.15) is 0 Å². The monoisotopic (exact) mass is 189 g/mol. The molecule has 0 saturated carbocycles. The van der Waals surface area contributed by atoms with E-state index in [0.717, 1.165) is 12.3 Å². The summed E-state index contributed by atoms with van der Waals surface area (Å²) in [5, 5.41) is -0.867. The average Bonchev–Trinajstić information content (AvgIpc) is 2.05. The predicted molar refractivity (Wildman–Crippen MR) is 40.9 cm³/mol. The van der Waals surface area contributed by atoms with Crippen LogP contribution in [0.2, 0.25) is 0 Å². The van der Waals surface area contributed by atoms with Crippen molar-refractivity contribution in [1.29, 1.82) is 0 Å². The maximum Gasteiger partial charge on any atom is 0.255 e. The molecule has 0 unspecified atom stereocenters. The van der Waals surface area contributed by atoms with Gasteiger partial charge in [0.25, 0.3) is 5.24 Å². The normalized spacial score (nSPS) is 9.58. The molecular formula is C7H5ClFNO2. The van der Waals surface area contributed by atoms with Crippen LogP contribution in [0.1, 0.15) is 10.4 Å². The molecule has 0 aliphatic carbocycles. The summed E-state index contributed by atoms with van der Waals surface area (Å²) in [7, 11) is 1.36. The van der Waals surface area contributed by atoms with Crippen molar-refractivity contribution in [3.05, 3.63) is 23.6 Å². The first-order valence-electron chi connectivity index (χ1n) is 3.04. The zero-order valence-corrected chi connectivity index (χ0v) is 6.93. The summed E-state index contributed by atoms with van der Waals surface area (Å²) in [6.45, 7) is 0. The van der Waals surface area contributed by atoms with E-state index in [1.54, 1.807) is 0 Å². The van der Waals surface area contributed by atoms with Crippen molar-refractivity contribution in [3.8, 4) is 5.88 Å². The third kappa shape index (κ3) is 1.71. The highest BCUT2D eigenvalue weighted by Crippen LogP contribution is 2.14. The van der Waals surface area contributed by atoms with Crippen LogP contribution in [0, 0.1) is 5.82 Å². The van der Waals surface area contributed by atoms with Crippen LogP contribution in [0.5, 0.6) is 5.88 Å². The summed E-state index contributed by atoms with van der Waals surface area (Å²) < 4.78 is 17.4. The van der Waals surface area contributed by atoms with Crippen molar-refractivity contribution in [2.24, 2.45) is 0 Å². The molecule has 0 atom stereocenters. The number of carbonyl (C=O) groups excluding carboxylic acids is 1. The standard InChI is InChI=1S/C7H5ClFNO2/c1-12-6-2-4(7(8)11)5(9)3-10-6/h2-3H,1H3. The van der Waals surface area contributed by atoms with Gasteiger partial charge in [-0.1, -0.05) is 0 Å². The lowest BCUT2D eigenvalue weighted by Crippen LogP contribution is -1.97. The van der Waals surface area contributed by atoms with Gasteiger partial charge in [0.15, 0.2) is 5.82 Å². The van der Waals surface area contributed by atoms with E-state index in [1.807, 2.05) is 0 Å². The average molecular weight is 190 g/mol. The van der Waals surface area contributed by atoms with Crippen LogP contribution >= 0.6 is 11.6 Å². The fourth-order valence-electron chi connectivity index (χ4n) is 0.682. The van der Waals surface area contributed by atoms with Crippen LogP contribution in [0.15, 0.2) is 12.3 Å². The van der Waals surface area contributed by atoms with E-state index in [2.05, 4.69) is 9.72 Å². The van der Waals surface area contributed by atoms with Gasteiger partial charge in [0.05, 0.1) is 18.9 Å². The lowest BCUT2D eigenvalue weighted by atomic mass is 10.3. The second-order valence-electron chi connectivity index (χ2n) is 1.98. The summed E-state index contributed by atoms with van der Waals surface area (Å²) in [5.74, 6) is -0.601. The van der Waals surface area contributed by atoms with E-state index >= 15 is 0 Å². The van der Waals surface area contributed by atoms with Crippen LogP contribution in [0.4, 0.5) is 4.39 Å². The zero-order chi connectivity index (χ0) is 9.14. The molecular weight excluding hydrogens is 185 g/mol. The molecule has 0 radical (unpaired) electrons. The number of halogens is 2. The highest BCUT2D eigenvalue weighted by atomic mass is 35.5. The molecule has 0 aromatic carbocycles. The molecule has 3 nitrogen and oxygen atoms in total. The number of hydrogen-bond donors (Lipinski definition) is 0. The topological polar surface area (TPSA) is 39.2 Å². The zero-order valence-electron chi connectivity index (χ0n) is 6.17. The Kier molecular flexibility index (Phi) is 2.60. The Morgan fingerprint density at radius 1 is 1.75 bits per heavy atom. The number of aromatic nitrogens is 1. The molecule has 0 N–H and O–H groups in total. The van der Waals surface area contributed by atoms with Gasteiger partial charge in [-0.25, -0.2) is 9.37 Å². The molecule has 0 bridgehead atoms. The smallest absolute Gasteiger partial charge is 0.255 e. The van der Waals surface area contributed by atoms with Crippen molar-refractivity contribution in [2.45, 2.75) is 0 Å². The van der Waals surface area contributed by atoms with Crippen LogP contribution in [0.25, 0.3) is 0 Å². The van der Waals surface area contributed by atoms with Gasteiger partial charge < -0.3 is 4.74 Å². The lowest BCUT2D eigenvalue weighted by Gasteiger charge is -1.99. The molecule has 0 amide bonds. The fourth-order valence-corrected chi connectivity index (χ4v) is 0.827. The minimum atomic E-state index is -0.867. The van der Waals surface area contributed by atoms with Gasteiger partial charge >= 0.3 is 0 Å². The molecule has 1 aromatic rings. The van der Waals surface area contributed by atoms with Gasteiger partial charge in [-0.2, -0.15) is 0 Å². The molecule has 0 aliphatic heterocycles. The maximum atomic E-state index is 12.7. The van der Waals surface area contributed by atoms with Gasteiger partial charge in [-0.05, 0) is 11.6 Å². The Bertz CT molecular complexity index is 316. The number of pyridine rings is 1. The van der Waals surface area contributed by atoms with E-state index < -0.39 is 11.1 Å². The molecule has 64 valence electrons. The minimum Gasteiger partial charge on any atom is -0.481 e. The van der Waals surface area contributed by atoms with Gasteiger partial charge in [-0.3, -0.25) is 4.79 Å². The first-order valence-corrected chi connectivity index (χ1v) is 3.42. The first-order chi connectivity index (χ1) is 5.65. The summed E-state index contributed by atoms with van der Waals surface area (Å²) in [6.07, 6.45) is 0.883. The third-order valence-corrected chi connectivity index (χ3v) is 1.45. The molecule has 12 heavy (non-hydrogen) atoms. The summed E-state index contributed by atoms with van der Waals surface area (Å²) in [5.41, 5.74) is -0.233. The van der Waals surface area contributed by atoms with Gasteiger partial charge in [0.2, 0.25) is 5.88 Å². The second kappa shape index (κ2) is 3.49. The molecule has 1 rings (SSSR count). The number of ether oxygens (including phenoxy) is 1. The van der Waals surface area contributed by atoms with E-state index in [1.165, 1.54) is 7.11 Å². The Balaban J connectivity index is 3.17. The molecule has 0 spiro atoms. The Hall–Kier alpha value is -1.16. The Morgan fingerprint density at radius 2 is 2.42 bits per heavy atom.